The molecular weight excluding hydrogens is 849 g/mol. The van der Waals surface area contributed by atoms with E-state index < -0.39 is 0 Å². The van der Waals surface area contributed by atoms with Gasteiger partial charge in [0.15, 0.2) is 0 Å². The van der Waals surface area contributed by atoms with E-state index in [9.17, 15) is 0 Å². The van der Waals surface area contributed by atoms with E-state index in [0.717, 1.165) is 64.0 Å². The van der Waals surface area contributed by atoms with Crippen molar-refractivity contribution in [3.8, 4) is 0 Å². The summed E-state index contributed by atoms with van der Waals surface area (Å²) in [5.41, 5.74) is 13.6. The minimum atomic E-state index is 0.208. The summed E-state index contributed by atoms with van der Waals surface area (Å²) >= 11 is 0. The molecule has 0 aromatic heterocycles. The van der Waals surface area contributed by atoms with Gasteiger partial charge < -0.3 is 19.6 Å². The fourth-order valence-corrected chi connectivity index (χ4v) is 10.3. The molecule has 0 saturated heterocycles. The highest BCUT2D eigenvalue weighted by atomic mass is 15.2. The van der Waals surface area contributed by atoms with E-state index >= 15 is 0 Å². The number of hydrogen-bond donors (Lipinski definition) is 0. The summed E-state index contributed by atoms with van der Waals surface area (Å²) in [4.78, 5) is 9.58. The molecule has 0 radical (unpaired) electrons. The van der Waals surface area contributed by atoms with Crippen molar-refractivity contribution in [1.29, 1.82) is 0 Å². The summed E-state index contributed by atoms with van der Waals surface area (Å²) in [6.45, 7) is 0. The molecule has 0 spiro atoms. The Morgan fingerprint density at radius 3 is 1.23 bits per heavy atom. The smallest absolute Gasteiger partial charge is 0.0559 e. The van der Waals surface area contributed by atoms with Gasteiger partial charge in [0.25, 0.3) is 0 Å². The van der Waals surface area contributed by atoms with Crippen LogP contribution in [0.1, 0.15) is 12.8 Å². The number of nitrogens with zero attached hydrogens (tertiary/aromatic N) is 4. The number of fused-ring (bicyclic) bond motifs is 3. The molecule has 3 aliphatic rings. The number of hydrogen-bond acceptors (Lipinski definition) is 4. The predicted octanol–water partition coefficient (Wildman–Crippen LogP) is 18.0. The van der Waals surface area contributed by atoms with Crippen molar-refractivity contribution < 1.29 is 0 Å². The molecule has 12 rings (SSSR count). The van der Waals surface area contributed by atoms with E-state index in [1.807, 2.05) is 0 Å². The number of rotatable bonds is 12. The number of anilines is 10. The fraction of sp³-hybridized carbons (Fsp3) is 0.0606. The molecule has 2 unspecified atom stereocenters. The van der Waals surface area contributed by atoms with E-state index in [1.54, 1.807) is 0 Å². The highest BCUT2D eigenvalue weighted by molar-refractivity contribution is 5.91. The Morgan fingerprint density at radius 1 is 0.329 bits per heavy atom. The van der Waals surface area contributed by atoms with Crippen molar-refractivity contribution >= 4 is 78.4 Å². The van der Waals surface area contributed by atoms with Crippen molar-refractivity contribution in [1.82, 2.24) is 0 Å². The van der Waals surface area contributed by atoms with E-state index in [-0.39, 0.29) is 6.04 Å². The molecule has 0 N–H and O–H groups in total. The van der Waals surface area contributed by atoms with Crippen LogP contribution in [0.3, 0.4) is 0 Å². The highest BCUT2D eigenvalue weighted by Crippen LogP contribution is 2.43. The molecule has 336 valence electrons. The van der Waals surface area contributed by atoms with Crippen LogP contribution in [0.15, 0.2) is 290 Å². The molecule has 3 aliphatic carbocycles. The third-order valence-corrected chi connectivity index (χ3v) is 13.8. The first-order chi connectivity index (χ1) is 34.7. The molecular formula is C66H52N4. The van der Waals surface area contributed by atoms with Crippen LogP contribution in [0.2, 0.25) is 0 Å². The quantitative estimate of drug-likeness (QED) is 0.121. The second kappa shape index (κ2) is 19.0. The second-order valence-corrected chi connectivity index (χ2v) is 18.1. The van der Waals surface area contributed by atoms with Crippen LogP contribution in [0.25, 0.3) is 21.5 Å². The van der Waals surface area contributed by atoms with Gasteiger partial charge in [-0.15, -0.1) is 0 Å². The SMILES string of the molecule is C1=CCC(N(C2=CCC3C=CC=CC3=C2)c2ccc(N(c3ccc(N(c4ccccc4)c4ccc5ccccc5c4)cc3)c3ccc(N(c4ccccc4)c4ccc5ccccc5c4)cc3)cc2)C=C1. The first-order valence-corrected chi connectivity index (χ1v) is 24.4. The number of allylic oxidation sites excluding steroid dienone is 9. The monoisotopic (exact) mass is 900 g/mol. The summed E-state index contributed by atoms with van der Waals surface area (Å²) in [6.07, 6.45) is 24.6. The largest absolute Gasteiger partial charge is 0.334 e. The minimum Gasteiger partial charge on any atom is -0.334 e. The first-order valence-electron chi connectivity index (χ1n) is 24.4. The predicted molar refractivity (Wildman–Crippen MR) is 297 cm³/mol. The Kier molecular flexibility index (Phi) is 11.6. The Balaban J connectivity index is 0.946. The van der Waals surface area contributed by atoms with Gasteiger partial charge in [-0.2, -0.15) is 0 Å². The average Bonchev–Trinajstić information content (AvgIpc) is 3.43. The molecule has 2 atom stereocenters. The zero-order valence-corrected chi connectivity index (χ0v) is 38.9. The summed E-state index contributed by atoms with van der Waals surface area (Å²) in [5, 5.41) is 4.86. The Bertz CT molecular complexity index is 3330. The molecule has 0 heterocycles. The Hall–Kier alpha value is -8.86. The summed E-state index contributed by atoms with van der Waals surface area (Å²) < 4.78 is 0. The Morgan fingerprint density at radius 2 is 0.743 bits per heavy atom. The minimum absolute atomic E-state index is 0.208. The van der Waals surface area contributed by atoms with Gasteiger partial charge in [-0.1, -0.05) is 152 Å². The lowest BCUT2D eigenvalue weighted by Crippen LogP contribution is -2.34. The van der Waals surface area contributed by atoms with Crippen LogP contribution in [-0.4, -0.2) is 6.04 Å². The van der Waals surface area contributed by atoms with Gasteiger partial charge in [0.2, 0.25) is 0 Å². The maximum atomic E-state index is 2.52. The van der Waals surface area contributed by atoms with Crippen molar-refractivity contribution in [3.63, 3.8) is 0 Å². The van der Waals surface area contributed by atoms with E-state index in [0.29, 0.717) is 5.92 Å². The molecule has 4 nitrogen and oxygen atoms in total. The summed E-state index contributed by atoms with van der Waals surface area (Å²) in [5.74, 6) is 0.436. The Labute approximate surface area is 411 Å². The molecule has 0 bridgehead atoms. The normalized spacial score (nSPS) is 15.8. The molecule has 0 saturated carbocycles. The van der Waals surface area contributed by atoms with Gasteiger partial charge in [0.05, 0.1) is 6.04 Å². The van der Waals surface area contributed by atoms with Crippen LogP contribution in [0.5, 0.6) is 0 Å². The lowest BCUT2D eigenvalue weighted by atomic mass is 9.86. The molecule has 0 aliphatic heterocycles. The highest BCUT2D eigenvalue weighted by Gasteiger charge is 2.25. The number of para-hydroxylation sites is 2. The van der Waals surface area contributed by atoms with Crippen LogP contribution < -0.4 is 19.6 Å². The fourth-order valence-electron chi connectivity index (χ4n) is 10.3. The molecule has 70 heavy (non-hydrogen) atoms. The second-order valence-electron chi connectivity index (χ2n) is 18.1. The average molecular weight is 901 g/mol. The van der Waals surface area contributed by atoms with Crippen LogP contribution in [0, 0.1) is 5.92 Å². The zero-order chi connectivity index (χ0) is 46.6. The van der Waals surface area contributed by atoms with Crippen molar-refractivity contribution in [3.05, 3.63) is 290 Å². The molecule has 0 amide bonds. The lowest BCUT2D eigenvalue weighted by Gasteiger charge is -2.36. The first kappa shape index (κ1) is 42.5. The molecule has 9 aromatic rings. The van der Waals surface area contributed by atoms with Crippen molar-refractivity contribution in [2.45, 2.75) is 18.9 Å². The third-order valence-electron chi connectivity index (χ3n) is 13.8. The molecule has 0 fully saturated rings. The maximum absolute atomic E-state index is 2.52. The maximum Gasteiger partial charge on any atom is 0.0559 e. The molecule has 9 aromatic carbocycles. The van der Waals surface area contributed by atoms with Gasteiger partial charge in [0, 0.05) is 68.5 Å². The zero-order valence-electron chi connectivity index (χ0n) is 38.9. The topological polar surface area (TPSA) is 13.0 Å². The van der Waals surface area contributed by atoms with E-state index in [4.69, 9.17) is 0 Å². The van der Waals surface area contributed by atoms with Crippen LogP contribution >= 0.6 is 0 Å². The van der Waals surface area contributed by atoms with Gasteiger partial charge in [-0.25, -0.2) is 0 Å². The van der Waals surface area contributed by atoms with E-state index in [1.165, 1.54) is 38.5 Å². The standard InChI is InChI=1S/C66H52N4/c1-4-22-55(23-5-1)68(64-31-28-49-16-10-13-19-52(49)46-64)61-40-34-58(35-41-61)67(59-36-42-62(43-37-59)69(56-24-6-2-7-25-56)65-32-29-50-17-11-14-20-53(50)47-65)60-38-44-63(45-39-60)70(57-26-8-3-9-27-57)66-33-30-51-18-12-15-21-54(51)48-66/h1-26,28-29,31-48,51,57H,27,30H2. The molecule has 4 heteroatoms. The third kappa shape index (κ3) is 8.52. The van der Waals surface area contributed by atoms with Crippen molar-refractivity contribution in [2.75, 3.05) is 19.6 Å². The van der Waals surface area contributed by atoms with Gasteiger partial charge in [0.1, 0.15) is 0 Å². The summed E-state index contributed by atoms with van der Waals surface area (Å²) in [7, 11) is 0. The number of benzene rings is 9. The van der Waals surface area contributed by atoms with Crippen molar-refractivity contribution in [2.24, 2.45) is 5.92 Å². The van der Waals surface area contributed by atoms with Crippen LogP contribution in [-0.2, 0) is 0 Å². The van der Waals surface area contributed by atoms with Gasteiger partial charge >= 0.3 is 0 Å². The van der Waals surface area contributed by atoms with Gasteiger partial charge in [-0.05, 0) is 167 Å². The van der Waals surface area contributed by atoms with Gasteiger partial charge in [-0.3, -0.25) is 0 Å². The lowest BCUT2D eigenvalue weighted by molar-refractivity contribution is 0.724. The summed E-state index contributed by atoms with van der Waals surface area (Å²) in [6, 6.07) is 79.3. The van der Waals surface area contributed by atoms with Crippen LogP contribution in [0.4, 0.5) is 56.9 Å². The van der Waals surface area contributed by atoms with E-state index in [2.05, 4.69) is 299 Å².